The van der Waals surface area contributed by atoms with Crippen LogP contribution >= 0.6 is 0 Å². The Labute approximate surface area is 134 Å². The van der Waals surface area contributed by atoms with Crippen LogP contribution in [-0.2, 0) is 6.18 Å². The lowest BCUT2D eigenvalue weighted by Gasteiger charge is -2.31. The molecule has 0 radical (unpaired) electrons. The van der Waals surface area contributed by atoms with Gasteiger partial charge in [0.15, 0.2) is 0 Å². The number of carbonyl (C=O) groups excluding carboxylic acids is 1. The summed E-state index contributed by atoms with van der Waals surface area (Å²) in [6.07, 6.45) is 0.876. The first kappa shape index (κ1) is 17.8. The molecule has 1 fully saturated rings. The third-order valence-corrected chi connectivity index (χ3v) is 4.43. The second-order valence-corrected chi connectivity index (χ2v) is 6.32. The van der Waals surface area contributed by atoms with Gasteiger partial charge in [0.2, 0.25) is 0 Å². The van der Waals surface area contributed by atoms with Gasteiger partial charge < -0.3 is 10.2 Å². The number of rotatable bonds is 3. The standard InChI is InChI=1S/C17H23F3N2O/c1-22(2)15-7-5-3-4-6-14(15)21-16(23)12-8-10-13(11-9-12)17(18,19)20/h8-11,14-15H,3-7H2,1-2H3,(H,21,23). The van der Waals surface area contributed by atoms with E-state index >= 15 is 0 Å². The van der Waals surface area contributed by atoms with Crippen LogP contribution < -0.4 is 5.32 Å². The molecule has 23 heavy (non-hydrogen) atoms. The van der Waals surface area contributed by atoms with E-state index in [2.05, 4.69) is 10.2 Å². The van der Waals surface area contributed by atoms with E-state index in [1.54, 1.807) is 0 Å². The Hall–Kier alpha value is -1.56. The average Bonchev–Trinajstić information content (AvgIpc) is 2.72. The number of amides is 1. The van der Waals surface area contributed by atoms with Gasteiger partial charge in [-0.2, -0.15) is 13.2 Å². The van der Waals surface area contributed by atoms with Gasteiger partial charge in [-0.05, 0) is 51.2 Å². The number of benzene rings is 1. The number of hydrogen-bond donors (Lipinski definition) is 1. The smallest absolute Gasteiger partial charge is 0.348 e. The summed E-state index contributed by atoms with van der Waals surface area (Å²) >= 11 is 0. The van der Waals surface area contributed by atoms with Gasteiger partial charge in [0, 0.05) is 17.6 Å². The van der Waals surface area contributed by atoms with E-state index in [-0.39, 0.29) is 23.6 Å². The number of carbonyl (C=O) groups is 1. The first-order valence-corrected chi connectivity index (χ1v) is 7.93. The third-order valence-electron chi connectivity index (χ3n) is 4.43. The highest BCUT2D eigenvalue weighted by atomic mass is 19.4. The molecule has 0 aliphatic heterocycles. The zero-order chi connectivity index (χ0) is 17.0. The zero-order valence-corrected chi connectivity index (χ0v) is 13.5. The number of nitrogens with one attached hydrogen (secondary N) is 1. The van der Waals surface area contributed by atoms with E-state index in [9.17, 15) is 18.0 Å². The fraction of sp³-hybridized carbons (Fsp3) is 0.588. The van der Waals surface area contributed by atoms with Crippen molar-refractivity contribution in [1.29, 1.82) is 0 Å². The first-order chi connectivity index (χ1) is 10.8. The molecule has 1 N–H and O–H groups in total. The Morgan fingerprint density at radius 2 is 1.70 bits per heavy atom. The van der Waals surface area contributed by atoms with Crippen LogP contribution in [0.2, 0.25) is 0 Å². The molecule has 1 aliphatic carbocycles. The van der Waals surface area contributed by atoms with Gasteiger partial charge in [0.1, 0.15) is 0 Å². The van der Waals surface area contributed by atoms with Gasteiger partial charge >= 0.3 is 6.18 Å². The minimum absolute atomic E-state index is 0.0299. The molecule has 2 unspecified atom stereocenters. The summed E-state index contributed by atoms with van der Waals surface area (Å²) in [5, 5.41) is 3.00. The lowest BCUT2D eigenvalue weighted by atomic mass is 10.0. The lowest BCUT2D eigenvalue weighted by Crippen LogP contribution is -2.48. The zero-order valence-electron chi connectivity index (χ0n) is 13.5. The van der Waals surface area contributed by atoms with E-state index in [0.717, 1.165) is 44.2 Å². The number of alkyl halides is 3. The third kappa shape index (κ3) is 4.70. The summed E-state index contributed by atoms with van der Waals surface area (Å²) in [4.78, 5) is 14.5. The van der Waals surface area contributed by atoms with Crippen molar-refractivity contribution >= 4 is 5.91 Å². The van der Waals surface area contributed by atoms with Crippen LogP contribution in [0.15, 0.2) is 24.3 Å². The van der Waals surface area contributed by atoms with Gasteiger partial charge in [0.05, 0.1) is 5.56 Å². The fourth-order valence-corrected chi connectivity index (χ4v) is 3.14. The van der Waals surface area contributed by atoms with Gasteiger partial charge in [-0.3, -0.25) is 4.79 Å². The van der Waals surface area contributed by atoms with Crippen LogP contribution in [0.25, 0.3) is 0 Å². The monoisotopic (exact) mass is 328 g/mol. The largest absolute Gasteiger partial charge is 0.416 e. The van der Waals surface area contributed by atoms with Crippen molar-refractivity contribution in [2.75, 3.05) is 14.1 Å². The van der Waals surface area contributed by atoms with Crippen LogP contribution in [0.3, 0.4) is 0 Å². The van der Waals surface area contributed by atoms with Gasteiger partial charge in [-0.15, -0.1) is 0 Å². The molecule has 1 aromatic carbocycles. The highest BCUT2D eigenvalue weighted by molar-refractivity contribution is 5.94. The summed E-state index contributed by atoms with van der Waals surface area (Å²) in [5.74, 6) is -0.308. The highest BCUT2D eigenvalue weighted by Crippen LogP contribution is 2.29. The Bertz CT molecular complexity index is 526. The van der Waals surface area contributed by atoms with E-state index < -0.39 is 11.7 Å². The van der Waals surface area contributed by atoms with Crippen molar-refractivity contribution < 1.29 is 18.0 Å². The van der Waals surface area contributed by atoms with Crippen molar-refractivity contribution in [2.24, 2.45) is 0 Å². The van der Waals surface area contributed by atoms with E-state index in [4.69, 9.17) is 0 Å². The first-order valence-electron chi connectivity index (χ1n) is 7.93. The van der Waals surface area contributed by atoms with Crippen LogP contribution in [-0.4, -0.2) is 37.0 Å². The molecule has 0 aromatic heterocycles. The molecule has 0 heterocycles. The minimum Gasteiger partial charge on any atom is -0.348 e. The van der Waals surface area contributed by atoms with Gasteiger partial charge in [-0.25, -0.2) is 0 Å². The molecule has 1 saturated carbocycles. The molecule has 2 atom stereocenters. The molecule has 0 spiro atoms. The summed E-state index contributed by atoms with van der Waals surface area (Å²) in [7, 11) is 3.99. The molecule has 6 heteroatoms. The van der Waals surface area contributed by atoms with Crippen molar-refractivity contribution in [3.8, 4) is 0 Å². The molecule has 3 nitrogen and oxygen atoms in total. The van der Waals surface area contributed by atoms with Crippen LogP contribution in [0, 0.1) is 0 Å². The topological polar surface area (TPSA) is 32.3 Å². The second kappa shape index (κ2) is 7.34. The van der Waals surface area contributed by atoms with Crippen molar-refractivity contribution in [2.45, 2.75) is 50.4 Å². The molecular weight excluding hydrogens is 305 g/mol. The minimum atomic E-state index is -4.38. The molecule has 0 bridgehead atoms. The molecule has 128 valence electrons. The van der Waals surface area contributed by atoms with Crippen molar-refractivity contribution in [1.82, 2.24) is 10.2 Å². The van der Waals surface area contributed by atoms with Crippen molar-refractivity contribution in [3.05, 3.63) is 35.4 Å². The summed E-state index contributed by atoms with van der Waals surface area (Å²) in [5.41, 5.74) is -0.477. The summed E-state index contributed by atoms with van der Waals surface area (Å²) in [6.45, 7) is 0. The number of halogens is 3. The Morgan fingerprint density at radius 1 is 1.09 bits per heavy atom. The molecule has 1 aliphatic rings. The lowest BCUT2D eigenvalue weighted by molar-refractivity contribution is -0.137. The maximum Gasteiger partial charge on any atom is 0.416 e. The summed E-state index contributed by atoms with van der Waals surface area (Å²) in [6, 6.07) is 4.66. The summed E-state index contributed by atoms with van der Waals surface area (Å²) < 4.78 is 37.7. The van der Waals surface area contributed by atoms with Gasteiger partial charge in [-0.1, -0.05) is 19.3 Å². The van der Waals surface area contributed by atoms with E-state index in [1.165, 1.54) is 12.1 Å². The molecule has 0 saturated heterocycles. The van der Waals surface area contributed by atoms with Crippen molar-refractivity contribution in [3.63, 3.8) is 0 Å². The van der Waals surface area contributed by atoms with Gasteiger partial charge in [0.25, 0.3) is 5.91 Å². The van der Waals surface area contributed by atoms with Crippen LogP contribution in [0.4, 0.5) is 13.2 Å². The maximum absolute atomic E-state index is 12.6. The highest BCUT2D eigenvalue weighted by Gasteiger charge is 2.31. The maximum atomic E-state index is 12.6. The van der Waals surface area contributed by atoms with Crippen LogP contribution in [0.5, 0.6) is 0 Å². The molecule has 1 aromatic rings. The normalized spacial score (nSPS) is 22.7. The number of nitrogens with zero attached hydrogens (tertiary/aromatic N) is 1. The predicted molar refractivity (Wildman–Crippen MR) is 83.3 cm³/mol. The number of likely N-dealkylation sites (N-methyl/N-ethyl adjacent to an activating group) is 1. The predicted octanol–water partition coefficient (Wildman–Crippen LogP) is 3.70. The molecule has 2 rings (SSSR count). The quantitative estimate of drug-likeness (QED) is 0.858. The molecular formula is C17H23F3N2O. The Balaban J connectivity index is 2.07. The number of hydrogen-bond acceptors (Lipinski definition) is 2. The molecule has 1 amide bonds. The average molecular weight is 328 g/mol. The van der Waals surface area contributed by atoms with E-state index in [1.807, 2.05) is 14.1 Å². The fourth-order valence-electron chi connectivity index (χ4n) is 3.14. The van der Waals surface area contributed by atoms with E-state index in [0.29, 0.717) is 0 Å². The second-order valence-electron chi connectivity index (χ2n) is 6.32. The Morgan fingerprint density at radius 3 is 2.26 bits per heavy atom. The van der Waals surface area contributed by atoms with Crippen LogP contribution in [0.1, 0.15) is 48.0 Å². The Kier molecular flexibility index (Phi) is 5.68. The SMILES string of the molecule is CN(C)C1CCCCCC1NC(=O)c1ccc(C(F)(F)F)cc1.